The highest BCUT2D eigenvalue weighted by Crippen LogP contribution is 2.35. The Bertz CT molecular complexity index is 551. The summed E-state index contributed by atoms with van der Waals surface area (Å²) in [6.07, 6.45) is 1.91. The summed E-state index contributed by atoms with van der Waals surface area (Å²) in [5.41, 5.74) is 0. The average Bonchev–Trinajstić information content (AvgIpc) is 3.16. The van der Waals surface area contributed by atoms with Crippen molar-refractivity contribution in [2.75, 3.05) is 32.8 Å². The molecule has 1 saturated carbocycles. The molecule has 3 aliphatic heterocycles. The first-order valence-corrected chi connectivity index (χ1v) is 9.99. The lowest BCUT2D eigenvalue weighted by atomic mass is 9.93. The lowest BCUT2D eigenvalue weighted by Crippen LogP contribution is -2.48. The molecule has 4 aliphatic rings. The van der Waals surface area contributed by atoms with Crippen molar-refractivity contribution >= 4 is 11.9 Å². The van der Waals surface area contributed by atoms with E-state index < -0.39 is 18.3 Å². The summed E-state index contributed by atoms with van der Waals surface area (Å²) < 4.78 is 17.1. The number of fused-ring (bicyclic) bond motifs is 1. The number of morpholine rings is 1. The number of carbonyl (C=O) groups excluding carboxylic acids is 2. The number of rotatable bonds is 5. The fourth-order valence-corrected chi connectivity index (χ4v) is 4.13. The van der Waals surface area contributed by atoms with Crippen LogP contribution in [0.3, 0.4) is 0 Å². The second-order valence-electron chi connectivity index (χ2n) is 7.84. The van der Waals surface area contributed by atoms with Crippen molar-refractivity contribution in [3.05, 3.63) is 0 Å². The Balaban J connectivity index is 1.19. The fourth-order valence-electron chi connectivity index (χ4n) is 4.13. The first-order valence-electron chi connectivity index (χ1n) is 9.99. The highest BCUT2D eigenvalue weighted by atomic mass is 16.6. The number of hydrogen-bond acceptors (Lipinski definition) is 6. The van der Waals surface area contributed by atoms with Gasteiger partial charge in [0.1, 0.15) is 18.3 Å². The van der Waals surface area contributed by atoms with Gasteiger partial charge >= 0.3 is 6.03 Å². The van der Waals surface area contributed by atoms with Crippen LogP contribution in [0.5, 0.6) is 0 Å². The van der Waals surface area contributed by atoms with E-state index in [1.54, 1.807) is 4.90 Å². The van der Waals surface area contributed by atoms with E-state index in [9.17, 15) is 14.7 Å². The van der Waals surface area contributed by atoms with Gasteiger partial charge in [-0.3, -0.25) is 4.79 Å². The number of carbonyl (C=O) groups is 2. The molecular formula is C18H29N3O6. The van der Waals surface area contributed by atoms with E-state index in [1.807, 2.05) is 0 Å². The largest absolute Gasteiger partial charge is 0.388 e. The van der Waals surface area contributed by atoms with Crippen LogP contribution in [0.1, 0.15) is 32.1 Å². The van der Waals surface area contributed by atoms with E-state index in [0.29, 0.717) is 39.1 Å². The molecule has 0 unspecified atom stereocenters. The second-order valence-corrected chi connectivity index (χ2v) is 7.84. The number of nitrogens with one attached hydrogen (secondary N) is 2. The molecule has 1 aliphatic carbocycles. The molecule has 3 N–H and O–H groups in total. The van der Waals surface area contributed by atoms with E-state index in [1.165, 1.54) is 0 Å². The first kappa shape index (κ1) is 18.9. The van der Waals surface area contributed by atoms with Gasteiger partial charge in [0, 0.05) is 32.1 Å². The molecule has 0 spiro atoms. The van der Waals surface area contributed by atoms with E-state index >= 15 is 0 Å². The van der Waals surface area contributed by atoms with E-state index in [0.717, 1.165) is 19.3 Å². The maximum Gasteiger partial charge on any atom is 0.315 e. The zero-order chi connectivity index (χ0) is 18.8. The SMILES string of the molecule is O=C(NC[C@H]1O[C@@H]2C[C@@H](CC(=O)N3CCOCC3)O[C@@H]2[C@@H]1O)NC1CCC1. The van der Waals surface area contributed by atoms with Crippen LogP contribution in [0.4, 0.5) is 4.79 Å². The molecule has 3 amide bonds. The predicted octanol–water partition coefficient (Wildman–Crippen LogP) is -0.627. The van der Waals surface area contributed by atoms with Crippen LogP contribution >= 0.6 is 0 Å². The highest BCUT2D eigenvalue weighted by molar-refractivity contribution is 5.77. The van der Waals surface area contributed by atoms with Gasteiger partial charge in [-0.1, -0.05) is 0 Å². The number of nitrogens with zero attached hydrogens (tertiary/aromatic N) is 1. The monoisotopic (exact) mass is 383 g/mol. The zero-order valence-corrected chi connectivity index (χ0v) is 15.5. The maximum absolute atomic E-state index is 12.3. The number of aliphatic hydroxyl groups excluding tert-OH is 1. The van der Waals surface area contributed by atoms with Crippen molar-refractivity contribution in [1.82, 2.24) is 15.5 Å². The van der Waals surface area contributed by atoms with Crippen LogP contribution < -0.4 is 10.6 Å². The Hall–Kier alpha value is -1.42. The van der Waals surface area contributed by atoms with Crippen LogP contribution in [-0.4, -0.2) is 91.4 Å². The Morgan fingerprint density at radius 3 is 2.59 bits per heavy atom. The summed E-state index contributed by atoms with van der Waals surface area (Å²) in [5.74, 6) is 0.0589. The number of ether oxygens (including phenoxy) is 3. The number of aliphatic hydroxyl groups is 1. The second kappa shape index (κ2) is 8.30. The third-order valence-corrected chi connectivity index (χ3v) is 5.95. The minimum Gasteiger partial charge on any atom is -0.388 e. The average molecular weight is 383 g/mol. The van der Waals surface area contributed by atoms with Crippen molar-refractivity contribution in [2.24, 2.45) is 0 Å². The quantitative estimate of drug-likeness (QED) is 0.583. The van der Waals surface area contributed by atoms with Crippen molar-refractivity contribution in [3.63, 3.8) is 0 Å². The first-order chi connectivity index (χ1) is 13.1. The van der Waals surface area contributed by atoms with Gasteiger partial charge in [-0.15, -0.1) is 0 Å². The van der Waals surface area contributed by atoms with Gasteiger partial charge in [0.2, 0.25) is 5.91 Å². The minimum absolute atomic E-state index is 0.0589. The number of amides is 3. The van der Waals surface area contributed by atoms with Crippen molar-refractivity contribution in [3.8, 4) is 0 Å². The van der Waals surface area contributed by atoms with Crippen LogP contribution in [0.2, 0.25) is 0 Å². The molecule has 0 aromatic carbocycles. The molecule has 3 heterocycles. The molecule has 0 aromatic rings. The Morgan fingerprint density at radius 2 is 1.93 bits per heavy atom. The predicted molar refractivity (Wildman–Crippen MR) is 94.1 cm³/mol. The summed E-state index contributed by atoms with van der Waals surface area (Å²) in [7, 11) is 0. The van der Waals surface area contributed by atoms with E-state index in [4.69, 9.17) is 14.2 Å². The normalized spacial score (nSPS) is 36.2. The van der Waals surface area contributed by atoms with Crippen LogP contribution in [0.25, 0.3) is 0 Å². The van der Waals surface area contributed by atoms with Crippen molar-refractivity contribution in [1.29, 1.82) is 0 Å². The van der Waals surface area contributed by atoms with Crippen LogP contribution in [-0.2, 0) is 19.0 Å². The lowest BCUT2D eigenvalue weighted by molar-refractivity contribution is -0.138. The smallest absolute Gasteiger partial charge is 0.315 e. The molecule has 3 saturated heterocycles. The maximum atomic E-state index is 12.3. The molecule has 4 fully saturated rings. The molecule has 5 atom stereocenters. The molecule has 9 nitrogen and oxygen atoms in total. The molecule has 0 bridgehead atoms. The summed E-state index contributed by atoms with van der Waals surface area (Å²) in [6.45, 7) is 2.64. The minimum atomic E-state index is -0.803. The van der Waals surface area contributed by atoms with Gasteiger partial charge in [-0.05, 0) is 19.3 Å². The van der Waals surface area contributed by atoms with Gasteiger partial charge in [-0.2, -0.15) is 0 Å². The molecular weight excluding hydrogens is 354 g/mol. The molecule has 9 heteroatoms. The molecule has 4 rings (SSSR count). The van der Waals surface area contributed by atoms with Gasteiger partial charge in [0.05, 0.1) is 31.8 Å². The summed E-state index contributed by atoms with van der Waals surface area (Å²) in [4.78, 5) is 26.0. The Labute approximate surface area is 158 Å². The van der Waals surface area contributed by atoms with Crippen molar-refractivity contribution < 1.29 is 28.9 Å². The molecule has 0 radical (unpaired) electrons. The zero-order valence-electron chi connectivity index (χ0n) is 15.5. The van der Waals surface area contributed by atoms with E-state index in [-0.39, 0.29) is 36.7 Å². The summed E-state index contributed by atoms with van der Waals surface area (Å²) >= 11 is 0. The third kappa shape index (κ3) is 4.37. The summed E-state index contributed by atoms with van der Waals surface area (Å²) in [5, 5.41) is 16.1. The van der Waals surface area contributed by atoms with Crippen molar-refractivity contribution in [2.45, 2.75) is 68.7 Å². The van der Waals surface area contributed by atoms with Crippen LogP contribution in [0.15, 0.2) is 0 Å². The molecule has 152 valence electrons. The third-order valence-electron chi connectivity index (χ3n) is 5.95. The molecule has 27 heavy (non-hydrogen) atoms. The summed E-state index contributed by atoms with van der Waals surface area (Å²) in [6, 6.07) is 0.0503. The van der Waals surface area contributed by atoms with Gasteiger partial charge in [-0.25, -0.2) is 4.79 Å². The van der Waals surface area contributed by atoms with Gasteiger partial charge < -0.3 is 34.9 Å². The topological polar surface area (TPSA) is 109 Å². The Kier molecular flexibility index (Phi) is 5.82. The standard InChI is InChI=1S/C18H29N3O6/c22-15(21-4-6-25-7-5-21)9-12-8-13-17(26-12)16(23)14(27-13)10-19-18(24)20-11-2-1-3-11/h11-14,16-17,23H,1-10H2,(H2,19,20,24)/t12-,13+,14+,16+,17-/m0/s1. The highest BCUT2D eigenvalue weighted by Gasteiger charge is 2.50. The Morgan fingerprint density at radius 1 is 1.15 bits per heavy atom. The lowest BCUT2D eigenvalue weighted by Gasteiger charge is -2.28. The van der Waals surface area contributed by atoms with Gasteiger partial charge in [0.15, 0.2) is 0 Å². The fraction of sp³-hybridized carbons (Fsp3) is 0.889. The number of urea groups is 1. The van der Waals surface area contributed by atoms with E-state index in [2.05, 4.69) is 10.6 Å². The number of hydrogen-bond donors (Lipinski definition) is 3. The van der Waals surface area contributed by atoms with Gasteiger partial charge in [0.25, 0.3) is 0 Å². The van der Waals surface area contributed by atoms with Crippen LogP contribution in [0, 0.1) is 0 Å². The molecule has 0 aromatic heterocycles.